The average molecular weight is 404 g/mol. The standard InChI is InChI=1S/C23H24N4O3/c1-14-11-19-21(27-9-7-24-8-10-27)25-23(29-2)26-22(19)30-20(14)18-13-16(28)12-15-5-3-4-6-17(15)18/h3-6,12-13,24,28H,7-11H2,1-2H3. The molecule has 7 heteroatoms. The van der Waals surface area contributed by atoms with Gasteiger partial charge in [-0.25, -0.2) is 0 Å². The number of nitrogens with one attached hydrogen (secondary N) is 1. The Balaban J connectivity index is 1.62. The molecular weight excluding hydrogens is 380 g/mol. The Hall–Kier alpha value is -3.32. The highest BCUT2D eigenvalue weighted by atomic mass is 16.5. The molecule has 7 nitrogen and oxygen atoms in total. The van der Waals surface area contributed by atoms with E-state index in [1.165, 1.54) is 0 Å². The normalized spacial score (nSPS) is 16.4. The molecule has 30 heavy (non-hydrogen) atoms. The predicted molar refractivity (Wildman–Crippen MR) is 116 cm³/mol. The van der Waals surface area contributed by atoms with Gasteiger partial charge < -0.3 is 24.8 Å². The fraction of sp³-hybridized carbons (Fsp3) is 0.304. The highest BCUT2D eigenvalue weighted by Gasteiger charge is 2.28. The molecule has 2 aliphatic rings. The van der Waals surface area contributed by atoms with E-state index in [1.807, 2.05) is 24.3 Å². The van der Waals surface area contributed by atoms with Gasteiger partial charge in [0.1, 0.15) is 17.3 Å². The minimum Gasteiger partial charge on any atom is -0.508 e. The van der Waals surface area contributed by atoms with Gasteiger partial charge in [0.25, 0.3) is 0 Å². The first kappa shape index (κ1) is 18.7. The molecule has 0 spiro atoms. The Morgan fingerprint density at radius 2 is 1.93 bits per heavy atom. The fourth-order valence-electron chi connectivity index (χ4n) is 4.20. The van der Waals surface area contributed by atoms with Crippen molar-refractivity contribution >= 4 is 22.3 Å². The zero-order valence-corrected chi connectivity index (χ0v) is 17.1. The molecule has 0 radical (unpaired) electrons. The molecule has 0 atom stereocenters. The molecule has 2 aromatic carbocycles. The Bertz CT molecular complexity index is 1150. The lowest BCUT2D eigenvalue weighted by atomic mass is 9.96. The first-order chi connectivity index (χ1) is 14.6. The highest BCUT2D eigenvalue weighted by molar-refractivity contribution is 5.95. The molecule has 154 valence electrons. The molecule has 2 aliphatic heterocycles. The van der Waals surface area contributed by atoms with Crippen LogP contribution in [0.1, 0.15) is 18.1 Å². The van der Waals surface area contributed by atoms with Crippen LogP contribution in [0, 0.1) is 0 Å². The van der Waals surface area contributed by atoms with Crippen LogP contribution in [0.25, 0.3) is 16.5 Å². The zero-order chi connectivity index (χ0) is 20.7. The fourth-order valence-corrected chi connectivity index (χ4v) is 4.20. The summed E-state index contributed by atoms with van der Waals surface area (Å²) in [6.07, 6.45) is 0.678. The van der Waals surface area contributed by atoms with Gasteiger partial charge in [0.15, 0.2) is 0 Å². The van der Waals surface area contributed by atoms with E-state index in [4.69, 9.17) is 9.47 Å². The van der Waals surface area contributed by atoms with Gasteiger partial charge in [-0.1, -0.05) is 24.3 Å². The van der Waals surface area contributed by atoms with Crippen molar-refractivity contribution in [3.05, 3.63) is 53.1 Å². The minimum atomic E-state index is 0.208. The van der Waals surface area contributed by atoms with E-state index in [2.05, 4.69) is 27.1 Å². The molecular formula is C23H24N4O3. The van der Waals surface area contributed by atoms with Gasteiger partial charge in [-0.15, -0.1) is 0 Å². The number of anilines is 1. The largest absolute Gasteiger partial charge is 0.508 e. The molecule has 3 heterocycles. The molecule has 2 N–H and O–H groups in total. The number of fused-ring (bicyclic) bond motifs is 2. The van der Waals surface area contributed by atoms with Crippen molar-refractivity contribution in [2.75, 3.05) is 38.2 Å². The number of hydrogen-bond acceptors (Lipinski definition) is 7. The zero-order valence-electron chi connectivity index (χ0n) is 17.1. The number of rotatable bonds is 3. The van der Waals surface area contributed by atoms with E-state index < -0.39 is 0 Å². The molecule has 5 rings (SSSR count). The lowest BCUT2D eigenvalue weighted by Gasteiger charge is -2.32. The number of piperazine rings is 1. The van der Waals surface area contributed by atoms with E-state index in [0.29, 0.717) is 18.3 Å². The summed E-state index contributed by atoms with van der Waals surface area (Å²) in [5, 5.41) is 15.6. The molecule has 3 aromatic rings. The van der Waals surface area contributed by atoms with Crippen molar-refractivity contribution in [1.82, 2.24) is 15.3 Å². The minimum absolute atomic E-state index is 0.208. The van der Waals surface area contributed by atoms with Crippen LogP contribution in [0.15, 0.2) is 42.0 Å². The first-order valence-electron chi connectivity index (χ1n) is 10.1. The van der Waals surface area contributed by atoms with Crippen molar-refractivity contribution in [3.63, 3.8) is 0 Å². The SMILES string of the molecule is COc1nc2c(c(N3CCNCC3)n1)CC(C)=C(c1cc(O)cc3ccccc13)O2. The quantitative estimate of drug-likeness (QED) is 0.694. The number of methoxy groups -OCH3 is 1. The van der Waals surface area contributed by atoms with E-state index in [0.717, 1.165) is 65.2 Å². The molecule has 0 aliphatic carbocycles. The lowest BCUT2D eigenvalue weighted by Crippen LogP contribution is -2.44. The monoisotopic (exact) mass is 404 g/mol. The summed E-state index contributed by atoms with van der Waals surface area (Å²) in [5.74, 6) is 2.32. The number of nitrogens with zero attached hydrogens (tertiary/aromatic N) is 3. The average Bonchev–Trinajstić information content (AvgIpc) is 2.78. The van der Waals surface area contributed by atoms with Gasteiger partial charge in [-0.3, -0.25) is 0 Å². The molecule has 0 saturated carbocycles. The van der Waals surface area contributed by atoms with E-state index in [9.17, 15) is 5.11 Å². The Morgan fingerprint density at radius 3 is 2.73 bits per heavy atom. The van der Waals surface area contributed by atoms with Crippen LogP contribution in [-0.4, -0.2) is 48.4 Å². The topological polar surface area (TPSA) is 79.7 Å². The molecule has 0 bridgehead atoms. The third-order valence-electron chi connectivity index (χ3n) is 5.65. The first-order valence-corrected chi connectivity index (χ1v) is 10.1. The summed E-state index contributed by atoms with van der Waals surface area (Å²) >= 11 is 0. The van der Waals surface area contributed by atoms with Crippen molar-refractivity contribution in [2.45, 2.75) is 13.3 Å². The summed E-state index contributed by atoms with van der Waals surface area (Å²) in [4.78, 5) is 11.4. The maximum absolute atomic E-state index is 10.3. The second-order valence-electron chi connectivity index (χ2n) is 7.66. The van der Waals surface area contributed by atoms with Crippen LogP contribution in [0.3, 0.4) is 0 Å². The Morgan fingerprint density at radius 1 is 1.13 bits per heavy atom. The summed E-state index contributed by atoms with van der Waals surface area (Å²) in [5.41, 5.74) is 2.90. The van der Waals surface area contributed by atoms with Crippen LogP contribution in [0.2, 0.25) is 0 Å². The molecule has 0 unspecified atom stereocenters. The van der Waals surface area contributed by atoms with Crippen LogP contribution in [0.4, 0.5) is 5.82 Å². The number of ether oxygens (including phenoxy) is 2. The summed E-state index contributed by atoms with van der Waals surface area (Å²) in [6.45, 7) is 5.64. The van der Waals surface area contributed by atoms with Crippen LogP contribution < -0.4 is 19.7 Å². The maximum atomic E-state index is 10.3. The lowest BCUT2D eigenvalue weighted by molar-refractivity contribution is 0.365. The van der Waals surface area contributed by atoms with Crippen molar-refractivity contribution < 1.29 is 14.6 Å². The number of phenolic OH excluding ortho intramolecular Hbond substituents is 1. The number of phenols is 1. The van der Waals surface area contributed by atoms with Crippen molar-refractivity contribution in [2.24, 2.45) is 0 Å². The van der Waals surface area contributed by atoms with E-state index in [-0.39, 0.29) is 5.75 Å². The van der Waals surface area contributed by atoms with Gasteiger partial charge >= 0.3 is 6.01 Å². The summed E-state index contributed by atoms with van der Waals surface area (Å²) in [6, 6.07) is 11.8. The predicted octanol–water partition coefficient (Wildman–Crippen LogP) is 3.12. The van der Waals surface area contributed by atoms with Crippen LogP contribution in [-0.2, 0) is 6.42 Å². The third kappa shape index (κ3) is 3.21. The molecule has 0 amide bonds. The van der Waals surface area contributed by atoms with Crippen molar-refractivity contribution in [3.8, 4) is 17.6 Å². The Kier molecular flexibility index (Phi) is 4.67. The number of aromatic hydroxyl groups is 1. The van der Waals surface area contributed by atoms with Crippen LogP contribution in [0.5, 0.6) is 17.6 Å². The van der Waals surface area contributed by atoms with Gasteiger partial charge in [0.05, 0.1) is 12.7 Å². The van der Waals surface area contributed by atoms with Gasteiger partial charge in [-0.2, -0.15) is 9.97 Å². The van der Waals surface area contributed by atoms with Crippen molar-refractivity contribution in [1.29, 1.82) is 0 Å². The summed E-state index contributed by atoms with van der Waals surface area (Å²) in [7, 11) is 1.57. The molecule has 1 saturated heterocycles. The number of benzene rings is 2. The smallest absolute Gasteiger partial charge is 0.321 e. The highest BCUT2D eigenvalue weighted by Crippen LogP contribution is 2.41. The van der Waals surface area contributed by atoms with Crippen LogP contribution >= 0.6 is 0 Å². The molecule has 1 aromatic heterocycles. The van der Waals surface area contributed by atoms with E-state index >= 15 is 0 Å². The number of hydrogen-bond donors (Lipinski definition) is 2. The van der Waals surface area contributed by atoms with Gasteiger partial charge in [0.2, 0.25) is 5.88 Å². The second-order valence-corrected chi connectivity index (χ2v) is 7.66. The molecule has 1 fully saturated rings. The third-order valence-corrected chi connectivity index (χ3v) is 5.65. The Labute approximate surface area is 175 Å². The maximum Gasteiger partial charge on any atom is 0.321 e. The van der Waals surface area contributed by atoms with Gasteiger partial charge in [-0.05, 0) is 35.4 Å². The number of allylic oxidation sites excluding steroid dienone is 1. The summed E-state index contributed by atoms with van der Waals surface area (Å²) < 4.78 is 11.7. The van der Waals surface area contributed by atoms with Gasteiger partial charge in [0, 0.05) is 38.2 Å². The number of aromatic nitrogens is 2. The van der Waals surface area contributed by atoms with E-state index in [1.54, 1.807) is 19.2 Å². The second kappa shape index (κ2) is 7.50.